The fraction of sp³-hybridized carbons (Fsp3) is 0.381. The number of nitrogens with one attached hydrogen (secondary N) is 2. The Hall–Kier alpha value is -2.33. The Morgan fingerprint density at radius 2 is 1.72 bits per heavy atom. The summed E-state index contributed by atoms with van der Waals surface area (Å²) in [5.74, 6) is 0.0955. The number of amides is 1. The molecule has 2 N–H and O–H groups in total. The van der Waals surface area contributed by atoms with Crippen molar-refractivity contribution in [1.29, 1.82) is 0 Å². The topological polar surface area (TPSA) is 36.8 Å². The monoisotopic (exact) mass is 340 g/mol. The van der Waals surface area contributed by atoms with Crippen LogP contribution in [0.4, 0.5) is 5.69 Å². The summed E-state index contributed by atoms with van der Waals surface area (Å²) in [6, 6.07) is 18.7. The maximum Gasteiger partial charge on any atom is 0.275 e. The normalized spacial score (nSPS) is 13.1. The highest BCUT2D eigenvalue weighted by Crippen LogP contribution is 2.12. The van der Waals surface area contributed by atoms with Crippen LogP contribution in [0.3, 0.4) is 0 Å². The van der Waals surface area contributed by atoms with Crippen LogP contribution in [0.2, 0.25) is 0 Å². The molecule has 0 aliphatic carbocycles. The summed E-state index contributed by atoms with van der Waals surface area (Å²) in [5.41, 5.74) is 3.58. The largest absolute Gasteiger partial charge is 0.378 e. The van der Waals surface area contributed by atoms with E-state index in [1.807, 2.05) is 51.4 Å². The molecule has 134 valence electrons. The van der Waals surface area contributed by atoms with Crippen LogP contribution >= 0.6 is 0 Å². The van der Waals surface area contributed by atoms with Crippen molar-refractivity contribution in [1.82, 2.24) is 5.32 Å². The van der Waals surface area contributed by atoms with E-state index < -0.39 is 0 Å². The third-order valence-corrected chi connectivity index (χ3v) is 4.49. The Kier molecular flexibility index (Phi) is 7.02. The van der Waals surface area contributed by atoms with E-state index in [1.165, 1.54) is 16.2 Å². The van der Waals surface area contributed by atoms with Crippen molar-refractivity contribution in [2.45, 2.75) is 26.4 Å². The van der Waals surface area contributed by atoms with Gasteiger partial charge < -0.3 is 15.1 Å². The number of anilines is 1. The molecule has 0 radical (unpaired) electrons. The minimum Gasteiger partial charge on any atom is -0.378 e. The Morgan fingerprint density at radius 3 is 2.28 bits per heavy atom. The molecule has 0 heterocycles. The fourth-order valence-electron chi connectivity index (χ4n) is 2.86. The van der Waals surface area contributed by atoms with Crippen molar-refractivity contribution >= 4 is 11.6 Å². The zero-order chi connectivity index (χ0) is 18.2. The van der Waals surface area contributed by atoms with E-state index >= 15 is 0 Å². The van der Waals surface area contributed by atoms with Crippen LogP contribution in [0.25, 0.3) is 0 Å². The van der Waals surface area contributed by atoms with Crippen LogP contribution in [0.15, 0.2) is 54.6 Å². The predicted octanol–water partition coefficient (Wildman–Crippen LogP) is 2.03. The molecule has 4 heteroatoms. The highest BCUT2D eigenvalue weighted by Gasteiger charge is 2.16. The third kappa shape index (κ3) is 5.91. The molecule has 1 unspecified atom stereocenters. The van der Waals surface area contributed by atoms with E-state index in [-0.39, 0.29) is 11.9 Å². The molecule has 0 bridgehead atoms. The first kappa shape index (κ1) is 19.0. The van der Waals surface area contributed by atoms with Gasteiger partial charge in [0.25, 0.3) is 5.91 Å². The van der Waals surface area contributed by atoms with Gasteiger partial charge in [0, 0.05) is 25.3 Å². The predicted molar refractivity (Wildman–Crippen MR) is 104 cm³/mol. The summed E-state index contributed by atoms with van der Waals surface area (Å²) in [4.78, 5) is 15.7. The van der Waals surface area contributed by atoms with Crippen molar-refractivity contribution in [2.75, 3.05) is 32.1 Å². The highest BCUT2D eigenvalue weighted by atomic mass is 16.2. The van der Waals surface area contributed by atoms with Crippen molar-refractivity contribution in [3.63, 3.8) is 0 Å². The van der Waals surface area contributed by atoms with Crippen molar-refractivity contribution in [2.24, 2.45) is 0 Å². The molecule has 0 spiro atoms. The second-order valence-corrected chi connectivity index (χ2v) is 6.72. The molecule has 2 atom stereocenters. The molecule has 4 nitrogen and oxygen atoms in total. The van der Waals surface area contributed by atoms with Gasteiger partial charge in [-0.3, -0.25) is 4.79 Å². The molecule has 0 saturated heterocycles. The molecule has 0 aliphatic rings. The maximum atomic E-state index is 12.4. The molecular formula is C21H30N3O+. The minimum absolute atomic E-state index is 0.0335. The van der Waals surface area contributed by atoms with Gasteiger partial charge >= 0.3 is 0 Å². The van der Waals surface area contributed by atoms with Gasteiger partial charge in [0.1, 0.15) is 6.54 Å². The Balaban J connectivity index is 1.89. The smallest absolute Gasteiger partial charge is 0.275 e. The number of hydrogen-bond donors (Lipinski definition) is 2. The summed E-state index contributed by atoms with van der Waals surface area (Å²) < 4.78 is 0. The van der Waals surface area contributed by atoms with Gasteiger partial charge in [-0.15, -0.1) is 0 Å². The first-order valence-electron chi connectivity index (χ1n) is 8.93. The van der Waals surface area contributed by atoms with Crippen LogP contribution in [0, 0.1) is 0 Å². The Bertz CT molecular complexity index is 653. The number of rotatable bonds is 8. The minimum atomic E-state index is 0.0335. The van der Waals surface area contributed by atoms with Crippen molar-refractivity contribution < 1.29 is 9.69 Å². The van der Waals surface area contributed by atoms with E-state index in [1.54, 1.807) is 0 Å². The number of likely N-dealkylation sites (N-methyl/N-ethyl adjacent to an activating group) is 1. The molecule has 0 saturated carbocycles. The zero-order valence-electron chi connectivity index (χ0n) is 15.8. The molecule has 1 amide bonds. The van der Waals surface area contributed by atoms with Gasteiger partial charge in [-0.1, -0.05) is 42.5 Å². The molecule has 0 aliphatic heterocycles. The van der Waals surface area contributed by atoms with Gasteiger partial charge in [0.2, 0.25) is 0 Å². The van der Waals surface area contributed by atoms with Gasteiger partial charge in [-0.2, -0.15) is 0 Å². The lowest BCUT2D eigenvalue weighted by Gasteiger charge is -2.20. The quantitative estimate of drug-likeness (QED) is 0.772. The van der Waals surface area contributed by atoms with Crippen molar-refractivity contribution in [3.05, 3.63) is 65.7 Å². The Morgan fingerprint density at radius 1 is 1.08 bits per heavy atom. The molecule has 2 aromatic carbocycles. The van der Waals surface area contributed by atoms with Crippen LogP contribution in [0.1, 0.15) is 31.0 Å². The summed E-state index contributed by atoms with van der Waals surface area (Å²) in [6.07, 6.45) is 0. The van der Waals surface area contributed by atoms with Gasteiger partial charge in [0.15, 0.2) is 6.54 Å². The van der Waals surface area contributed by atoms with Gasteiger partial charge in [-0.25, -0.2) is 0 Å². The van der Waals surface area contributed by atoms with Gasteiger partial charge in [-0.05, 0) is 31.5 Å². The maximum absolute atomic E-state index is 12.4. The second kappa shape index (κ2) is 9.23. The lowest BCUT2D eigenvalue weighted by atomic mass is 10.1. The average Bonchev–Trinajstić information content (AvgIpc) is 2.62. The summed E-state index contributed by atoms with van der Waals surface area (Å²) in [7, 11) is 4.08. The molecule has 0 fully saturated rings. The standard InChI is InChI=1S/C21H29N3O/c1-5-24(15-18-11-13-20(14-12-18)23(3)4)16-21(25)22-17(2)19-9-7-6-8-10-19/h6-14,17H,5,15-16H2,1-4H3,(H,22,25)/p+1/t17-/m1/s1. The van der Waals surface area contributed by atoms with E-state index in [4.69, 9.17) is 0 Å². The van der Waals surface area contributed by atoms with E-state index in [9.17, 15) is 4.79 Å². The number of carbonyl (C=O) groups is 1. The summed E-state index contributed by atoms with van der Waals surface area (Å²) in [5, 5.41) is 3.10. The zero-order valence-corrected chi connectivity index (χ0v) is 15.8. The van der Waals surface area contributed by atoms with Crippen LogP contribution in [-0.4, -0.2) is 33.1 Å². The van der Waals surface area contributed by atoms with E-state index in [0.717, 1.165) is 18.7 Å². The fourth-order valence-corrected chi connectivity index (χ4v) is 2.86. The molecule has 2 rings (SSSR count). The third-order valence-electron chi connectivity index (χ3n) is 4.49. The summed E-state index contributed by atoms with van der Waals surface area (Å²) >= 11 is 0. The molecule has 25 heavy (non-hydrogen) atoms. The number of quaternary nitrogens is 1. The lowest BCUT2D eigenvalue weighted by molar-refractivity contribution is -0.904. The average molecular weight is 340 g/mol. The lowest BCUT2D eigenvalue weighted by Crippen LogP contribution is -3.11. The number of benzene rings is 2. The first-order chi connectivity index (χ1) is 12.0. The van der Waals surface area contributed by atoms with Crippen LogP contribution in [-0.2, 0) is 11.3 Å². The van der Waals surface area contributed by atoms with E-state index in [0.29, 0.717) is 6.54 Å². The highest BCUT2D eigenvalue weighted by molar-refractivity contribution is 5.77. The van der Waals surface area contributed by atoms with E-state index in [2.05, 4.69) is 41.4 Å². The first-order valence-corrected chi connectivity index (χ1v) is 8.93. The molecule has 0 aromatic heterocycles. The van der Waals surface area contributed by atoms with Crippen molar-refractivity contribution in [3.8, 4) is 0 Å². The molecular weight excluding hydrogens is 310 g/mol. The van der Waals surface area contributed by atoms with Crippen LogP contribution in [0.5, 0.6) is 0 Å². The van der Waals surface area contributed by atoms with Gasteiger partial charge in [0.05, 0.1) is 12.6 Å². The number of hydrogen-bond acceptors (Lipinski definition) is 2. The molecule has 2 aromatic rings. The summed E-state index contributed by atoms with van der Waals surface area (Å²) in [6.45, 7) is 6.42. The Labute approximate surface area is 151 Å². The second-order valence-electron chi connectivity index (χ2n) is 6.72. The number of nitrogens with zero attached hydrogens (tertiary/aromatic N) is 1. The SMILES string of the molecule is CC[NH+](CC(=O)N[C@H](C)c1ccccc1)Cc1ccc(N(C)C)cc1. The van der Waals surface area contributed by atoms with Crippen LogP contribution < -0.4 is 15.1 Å². The number of carbonyl (C=O) groups excluding carboxylic acids is 1.